The first kappa shape index (κ1) is 10.4. The van der Waals surface area contributed by atoms with Crippen LogP contribution in [0, 0.1) is 6.92 Å². The van der Waals surface area contributed by atoms with E-state index in [0.29, 0.717) is 5.92 Å². The SMILES string of the molecule is CC(=O)c1c(C2CCCNC2)c[nH]c1C. The highest BCUT2D eigenvalue weighted by molar-refractivity contribution is 5.97. The largest absolute Gasteiger partial charge is 0.364 e. The van der Waals surface area contributed by atoms with E-state index in [0.717, 1.165) is 24.3 Å². The van der Waals surface area contributed by atoms with Gasteiger partial charge in [-0.15, -0.1) is 0 Å². The number of aromatic nitrogens is 1. The van der Waals surface area contributed by atoms with E-state index in [4.69, 9.17) is 0 Å². The van der Waals surface area contributed by atoms with E-state index in [-0.39, 0.29) is 5.78 Å². The predicted molar refractivity (Wildman–Crippen MR) is 60.4 cm³/mol. The Bertz CT molecular complexity index is 362. The Morgan fingerprint density at radius 3 is 2.93 bits per heavy atom. The van der Waals surface area contributed by atoms with E-state index >= 15 is 0 Å². The lowest BCUT2D eigenvalue weighted by molar-refractivity contribution is 0.101. The molecule has 0 aliphatic carbocycles. The first-order chi connectivity index (χ1) is 7.20. The molecule has 0 bridgehead atoms. The van der Waals surface area contributed by atoms with Crippen LogP contribution in [-0.2, 0) is 0 Å². The van der Waals surface area contributed by atoms with Gasteiger partial charge in [0.1, 0.15) is 0 Å². The van der Waals surface area contributed by atoms with Crippen LogP contribution < -0.4 is 5.32 Å². The maximum atomic E-state index is 11.6. The third-order valence-corrected chi connectivity index (χ3v) is 3.20. The summed E-state index contributed by atoms with van der Waals surface area (Å²) in [5.41, 5.74) is 3.11. The molecular weight excluding hydrogens is 188 g/mol. The summed E-state index contributed by atoms with van der Waals surface area (Å²) < 4.78 is 0. The zero-order valence-corrected chi connectivity index (χ0v) is 9.39. The third-order valence-electron chi connectivity index (χ3n) is 3.20. The van der Waals surface area contributed by atoms with Crippen molar-refractivity contribution in [3.8, 4) is 0 Å². The Morgan fingerprint density at radius 2 is 2.33 bits per heavy atom. The lowest BCUT2D eigenvalue weighted by Crippen LogP contribution is -2.28. The van der Waals surface area contributed by atoms with Gasteiger partial charge in [-0.25, -0.2) is 0 Å². The molecule has 3 heteroatoms. The standard InChI is InChI=1S/C12H18N2O/c1-8-12(9(2)15)11(7-14-8)10-4-3-5-13-6-10/h7,10,13-14H,3-6H2,1-2H3. The molecule has 0 amide bonds. The third kappa shape index (κ3) is 1.97. The van der Waals surface area contributed by atoms with Gasteiger partial charge in [-0.1, -0.05) is 0 Å². The quantitative estimate of drug-likeness (QED) is 0.727. The Kier molecular flexibility index (Phi) is 2.91. The smallest absolute Gasteiger partial charge is 0.161 e. The van der Waals surface area contributed by atoms with Crippen LogP contribution in [0.15, 0.2) is 6.20 Å². The molecule has 0 spiro atoms. The number of piperidine rings is 1. The van der Waals surface area contributed by atoms with Gasteiger partial charge in [-0.3, -0.25) is 4.79 Å². The summed E-state index contributed by atoms with van der Waals surface area (Å²) >= 11 is 0. The summed E-state index contributed by atoms with van der Waals surface area (Å²) in [7, 11) is 0. The predicted octanol–water partition coefficient (Wildman–Crippen LogP) is 1.99. The average Bonchev–Trinajstić information content (AvgIpc) is 2.61. The van der Waals surface area contributed by atoms with Crippen LogP contribution in [0.2, 0.25) is 0 Å². The van der Waals surface area contributed by atoms with Gasteiger partial charge >= 0.3 is 0 Å². The molecule has 1 atom stereocenters. The second-order valence-corrected chi connectivity index (χ2v) is 4.34. The maximum Gasteiger partial charge on any atom is 0.161 e. The molecule has 82 valence electrons. The molecule has 0 aromatic carbocycles. The fourth-order valence-electron chi connectivity index (χ4n) is 2.45. The minimum atomic E-state index is 0.175. The van der Waals surface area contributed by atoms with E-state index in [9.17, 15) is 4.79 Å². The van der Waals surface area contributed by atoms with Crippen molar-refractivity contribution in [2.75, 3.05) is 13.1 Å². The first-order valence-corrected chi connectivity index (χ1v) is 5.59. The normalized spacial score (nSPS) is 21.6. The maximum absolute atomic E-state index is 11.6. The van der Waals surface area contributed by atoms with Gasteiger partial charge in [0.05, 0.1) is 0 Å². The molecule has 2 heterocycles. The summed E-state index contributed by atoms with van der Waals surface area (Å²) in [5.74, 6) is 0.678. The van der Waals surface area contributed by atoms with Crippen LogP contribution in [0.4, 0.5) is 0 Å². The Morgan fingerprint density at radius 1 is 1.53 bits per heavy atom. The molecule has 2 N–H and O–H groups in total. The molecule has 1 unspecified atom stereocenters. The number of carbonyl (C=O) groups excluding carboxylic acids is 1. The van der Waals surface area contributed by atoms with Gasteiger partial charge in [-0.2, -0.15) is 0 Å². The molecule has 1 aromatic heterocycles. The second-order valence-electron chi connectivity index (χ2n) is 4.34. The van der Waals surface area contributed by atoms with E-state index in [2.05, 4.69) is 10.3 Å². The molecule has 0 radical (unpaired) electrons. The van der Waals surface area contributed by atoms with E-state index in [1.807, 2.05) is 13.1 Å². The highest BCUT2D eigenvalue weighted by Gasteiger charge is 2.22. The molecular formula is C12H18N2O. The number of Topliss-reactive ketones (excluding diaryl/α,β-unsaturated/α-hetero) is 1. The molecule has 15 heavy (non-hydrogen) atoms. The Hall–Kier alpha value is -1.09. The van der Waals surface area contributed by atoms with E-state index < -0.39 is 0 Å². The summed E-state index contributed by atoms with van der Waals surface area (Å²) in [6.45, 7) is 5.72. The molecule has 2 rings (SSSR count). The number of ketones is 1. The van der Waals surface area contributed by atoms with Gasteiger partial charge in [0.2, 0.25) is 0 Å². The fourth-order valence-corrected chi connectivity index (χ4v) is 2.45. The lowest BCUT2D eigenvalue weighted by Gasteiger charge is -2.22. The van der Waals surface area contributed by atoms with Crippen LogP contribution >= 0.6 is 0 Å². The minimum Gasteiger partial charge on any atom is -0.364 e. The van der Waals surface area contributed by atoms with Crippen molar-refractivity contribution in [2.45, 2.75) is 32.6 Å². The van der Waals surface area contributed by atoms with Crippen LogP contribution in [0.1, 0.15) is 47.3 Å². The first-order valence-electron chi connectivity index (χ1n) is 5.59. The van der Waals surface area contributed by atoms with Gasteiger partial charge in [0, 0.05) is 24.0 Å². The Balaban J connectivity index is 2.30. The topological polar surface area (TPSA) is 44.9 Å². The van der Waals surface area contributed by atoms with Gasteiger partial charge in [0.15, 0.2) is 5.78 Å². The molecule has 0 saturated carbocycles. The van der Waals surface area contributed by atoms with Crippen molar-refractivity contribution in [1.82, 2.24) is 10.3 Å². The second kappa shape index (κ2) is 4.19. The number of hydrogen-bond donors (Lipinski definition) is 2. The number of hydrogen-bond acceptors (Lipinski definition) is 2. The van der Waals surface area contributed by atoms with Crippen molar-refractivity contribution < 1.29 is 4.79 Å². The van der Waals surface area contributed by atoms with Crippen molar-refractivity contribution >= 4 is 5.78 Å². The molecule has 1 saturated heterocycles. The molecule has 1 aliphatic heterocycles. The van der Waals surface area contributed by atoms with Crippen LogP contribution in [0.25, 0.3) is 0 Å². The van der Waals surface area contributed by atoms with Crippen molar-refractivity contribution in [3.05, 3.63) is 23.0 Å². The molecule has 1 aromatic rings. The zero-order valence-electron chi connectivity index (χ0n) is 9.39. The average molecular weight is 206 g/mol. The highest BCUT2D eigenvalue weighted by Crippen LogP contribution is 2.28. The van der Waals surface area contributed by atoms with E-state index in [1.165, 1.54) is 18.4 Å². The van der Waals surface area contributed by atoms with E-state index in [1.54, 1.807) is 6.92 Å². The zero-order chi connectivity index (χ0) is 10.8. The van der Waals surface area contributed by atoms with Crippen molar-refractivity contribution in [1.29, 1.82) is 0 Å². The number of aromatic amines is 1. The summed E-state index contributed by atoms with van der Waals surface area (Å²) in [6, 6.07) is 0. The number of H-pyrrole nitrogens is 1. The molecule has 1 fully saturated rings. The fraction of sp³-hybridized carbons (Fsp3) is 0.583. The molecule has 3 nitrogen and oxygen atoms in total. The minimum absolute atomic E-state index is 0.175. The lowest BCUT2D eigenvalue weighted by atomic mass is 9.89. The number of rotatable bonds is 2. The van der Waals surface area contributed by atoms with Crippen molar-refractivity contribution in [3.63, 3.8) is 0 Å². The number of nitrogens with one attached hydrogen (secondary N) is 2. The Labute approximate surface area is 90.3 Å². The monoisotopic (exact) mass is 206 g/mol. The summed E-state index contributed by atoms with van der Waals surface area (Å²) in [5, 5.41) is 3.38. The molecule has 1 aliphatic rings. The summed E-state index contributed by atoms with van der Waals surface area (Å²) in [6.07, 6.45) is 4.39. The number of aryl methyl sites for hydroxylation is 1. The van der Waals surface area contributed by atoms with Gasteiger partial charge in [-0.05, 0) is 44.7 Å². The van der Waals surface area contributed by atoms with Crippen LogP contribution in [0.5, 0.6) is 0 Å². The van der Waals surface area contributed by atoms with Crippen molar-refractivity contribution in [2.24, 2.45) is 0 Å². The van der Waals surface area contributed by atoms with Crippen LogP contribution in [0.3, 0.4) is 0 Å². The highest BCUT2D eigenvalue weighted by atomic mass is 16.1. The van der Waals surface area contributed by atoms with Gasteiger partial charge in [0.25, 0.3) is 0 Å². The van der Waals surface area contributed by atoms with Crippen LogP contribution in [-0.4, -0.2) is 23.9 Å². The summed E-state index contributed by atoms with van der Waals surface area (Å²) in [4.78, 5) is 14.7. The van der Waals surface area contributed by atoms with Gasteiger partial charge < -0.3 is 10.3 Å². The number of carbonyl (C=O) groups is 1.